The molecule has 0 amide bonds. The van der Waals surface area contributed by atoms with Gasteiger partial charge in [-0.05, 0) is 6.42 Å². The van der Waals surface area contributed by atoms with Crippen molar-refractivity contribution in [3.63, 3.8) is 0 Å². The zero-order chi connectivity index (χ0) is 11.9. The molecule has 0 aromatic carbocycles. The van der Waals surface area contributed by atoms with E-state index in [-0.39, 0.29) is 17.9 Å². The lowest BCUT2D eigenvalue weighted by Gasteiger charge is -2.09. The van der Waals surface area contributed by atoms with Crippen LogP contribution < -0.4 is 5.56 Å². The standard InChI is InChI=1S/C8H10N2O5S/c11-7(12)3-10-8(13)5-1-2-16(14,15)4-6(5)9-10/h9H,1-4H2,(H,11,12). The van der Waals surface area contributed by atoms with Crippen LogP contribution in [0.3, 0.4) is 0 Å². The van der Waals surface area contributed by atoms with Crippen molar-refractivity contribution in [1.82, 2.24) is 9.78 Å². The molecule has 1 aromatic heterocycles. The molecule has 0 atom stereocenters. The Balaban J connectivity index is 2.45. The van der Waals surface area contributed by atoms with Crippen LogP contribution in [0.1, 0.15) is 11.3 Å². The maximum Gasteiger partial charge on any atom is 0.325 e. The topological polar surface area (TPSA) is 109 Å². The van der Waals surface area contributed by atoms with E-state index in [1.807, 2.05) is 0 Å². The van der Waals surface area contributed by atoms with Crippen molar-refractivity contribution in [3.05, 3.63) is 21.6 Å². The van der Waals surface area contributed by atoms with Crippen molar-refractivity contribution in [2.24, 2.45) is 0 Å². The number of nitrogens with zero attached hydrogens (tertiary/aromatic N) is 1. The molecule has 8 heteroatoms. The summed E-state index contributed by atoms with van der Waals surface area (Å²) >= 11 is 0. The quantitative estimate of drug-likeness (QED) is 0.676. The summed E-state index contributed by atoms with van der Waals surface area (Å²) in [6.45, 7) is -0.480. The fraction of sp³-hybridized carbons (Fsp3) is 0.500. The maximum atomic E-state index is 11.6. The fourth-order valence-corrected chi connectivity index (χ4v) is 3.08. The van der Waals surface area contributed by atoms with Crippen molar-refractivity contribution in [1.29, 1.82) is 0 Å². The van der Waals surface area contributed by atoms with Gasteiger partial charge >= 0.3 is 5.97 Å². The highest BCUT2D eigenvalue weighted by atomic mass is 32.2. The first-order chi connectivity index (χ1) is 7.39. The summed E-state index contributed by atoms with van der Waals surface area (Å²) in [6.07, 6.45) is 0.152. The number of H-pyrrole nitrogens is 1. The van der Waals surface area contributed by atoms with Gasteiger partial charge in [-0.3, -0.25) is 14.7 Å². The normalized spacial score (nSPS) is 18.0. The minimum Gasteiger partial charge on any atom is -0.480 e. The lowest BCUT2D eigenvalue weighted by Crippen LogP contribution is -2.25. The van der Waals surface area contributed by atoms with Gasteiger partial charge in [0.25, 0.3) is 5.56 Å². The number of hydrogen-bond acceptors (Lipinski definition) is 4. The molecule has 1 aliphatic heterocycles. The molecular weight excluding hydrogens is 236 g/mol. The Kier molecular flexibility index (Phi) is 2.38. The monoisotopic (exact) mass is 246 g/mol. The van der Waals surface area contributed by atoms with Gasteiger partial charge in [0.2, 0.25) is 0 Å². The average molecular weight is 246 g/mol. The Morgan fingerprint density at radius 3 is 2.81 bits per heavy atom. The molecule has 0 unspecified atom stereocenters. The number of carboxylic acid groups (broad SMARTS) is 1. The molecule has 88 valence electrons. The third kappa shape index (κ3) is 1.87. The van der Waals surface area contributed by atoms with Crippen molar-refractivity contribution >= 4 is 15.8 Å². The number of rotatable bonds is 2. The number of carboxylic acids is 1. The van der Waals surface area contributed by atoms with E-state index in [9.17, 15) is 18.0 Å². The zero-order valence-corrected chi connectivity index (χ0v) is 9.08. The molecule has 0 spiro atoms. The first-order valence-electron chi connectivity index (χ1n) is 4.62. The van der Waals surface area contributed by atoms with E-state index >= 15 is 0 Å². The van der Waals surface area contributed by atoms with E-state index in [0.29, 0.717) is 11.3 Å². The number of fused-ring (bicyclic) bond motifs is 1. The number of hydrogen-bond donors (Lipinski definition) is 2. The van der Waals surface area contributed by atoms with Gasteiger partial charge in [-0.1, -0.05) is 0 Å². The molecule has 2 N–H and O–H groups in total. The van der Waals surface area contributed by atoms with Crippen LogP contribution in [-0.2, 0) is 33.4 Å². The Labute approximate surface area is 90.6 Å². The van der Waals surface area contributed by atoms with E-state index in [1.165, 1.54) is 0 Å². The second-order valence-electron chi connectivity index (χ2n) is 3.70. The first kappa shape index (κ1) is 10.9. The molecule has 7 nitrogen and oxygen atoms in total. The summed E-state index contributed by atoms with van der Waals surface area (Å²) in [5.74, 6) is -1.42. The van der Waals surface area contributed by atoms with Gasteiger partial charge < -0.3 is 5.11 Å². The third-order valence-corrected chi connectivity index (χ3v) is 4.01. The molecule has 0 fully saturated rings. The van der Waals surface area contributed by atoms with Gasteiger partial charge in [-0.2, -0.15) is 0 Å². The molecule has 0 saturated heterocycles. The third-order valence-electron chi connectivity index (χ3n) is 2.46. The van der Waals surface area contributed by atoms with Crippen molar-refractivity contribution in [2.45, 2.75) is 18.7 Å². The lowest BCUT2D eigenvalue weighted by molar-refractivity contribution is -0.137. The summed E-state index contributed by atoms with van der Waals surface area (Å²) < 4.78 is 23.5. The zero-order valence-electron chi connectivity index (χ0n) is 8.26. The number of sulfone groups is 1. The minimum atomic E-state index is -3.16. The van der Waals surface area contributed by atoms with Crippen LogP contribution >= 0.6 is 0 Å². The van der Waals surface area contributed by atoms with E-state index in [4.69, 9.17) is 5.11 Å². The van der Waals surface area contributed by atoms with Crippen LogP contribution in [0.25, 0.3) is 0 Å². The molecule has 2 rings (SSSR count). The molecule has 2 heterocycles. The first-order valence-corrected chi connectivity index (χ1v) is 6.44. The van der Waals surface area contributed by atoms with Crippen molar-refractivity contribution < 1.29 is 18.3 Å². The molecule has 1 aromatic rings. The van der Waals surface area contributed by atoms with Gasteiger partial charge in [0.15, 0.2) is 9.84 Å². The SMILES string of the molecule is O=C(O)Cn1[nH]c2c(c1=O)CCS(=O)(=O)C2. The van der Waals surface area contributed by atoms with Gasteiger partial charge in [-0.15, -0.1) is 0 Å². The highest BCUT2D eigenvalue weighted by Gasteiger charge is 2.26. The van der Waals surface area contributed by atoms with Crippen molar-refractivity contribution in [2.75, 3.05) is 5.75 Å². The molecule has 1 aliphatic rings. The summed E-state index contributed by atoms with van der Waals surface area (Å²) in [5.41, 5.74) is 0.265. The van der Waals surface area contributed by atoms with Gasteiger partial charge in [-0.25, -0.2) is 13.1 Å². The number of aliphatic carboxylic acids is 1. The Morgan fingerprint density at radius 2 is 2.19 bits per heavy atom. The molecular formula is C8H10N2O5S. The number of aromatic nitrogens is 2. The highest BCUT2D eigenvalue weighted by molar-refractivity contribution is 7.90. The average Bonchev–Trinajstić information content (AvgIpc) is 2.40. The summed E-state index contributed by atoms with van der Waals surface area (Å²) in [6, 6.07) is 0. The smallest absolute Gasteiger partial charge is 0.325 e. The van der Waals surface area contributed by atoms with E-state index in [0.717, 1.165) is 4.68 Å². The number of carbonyl (C=O) groups is 1. The number of aromatic amines is 1. The molecule has 0 aliphatic carbocycles. The predicted octanol–water partition coefficient (Wildman–Crippen LogP) is -1.27. The second-order valence-corrected chi connectivity index (χ2v) is 5.88. The van der Waals surface area contributed by atoms with E-state index in [2.05, 4.69) is 5.10 Å². The summed E-state index contributed by atoms with van der Waals surface area (Å²) in [4.78, 5) is 22.1. The van der Waals surface area contributed by atoms with Crippen LogP contribution in [-0.4, -0.2) is 35.0 Å². The fourth-order valence-electron chi connectivity index (χ4n) is 1.75. The second kappa shape index (κ2) is 3.48. The van der Waals surface area contributed by atoms with Crippen LogP contribution in [0.4, 0.5) is 0 Å². The van der Waals surface area contributed by atoms with Crippen LogP contribution in [0.2, 0.25) is 0 Å². The van der Waals surface area contributed by atoms with Crippen molar-refractivity contribution in [3.8, 4) is 0 Å². The van der Waals surface area contributed by atoms with Crippen LogP contribution in [0, 0.1) is 0 Å². The summed E-state index contributed by atoms with van der Waals surface area (Å²) in [5, 5.41) is 11.1. The maximum absolute atomic E-state index is 11.6. The van der Waals surface area contributed by atoms with Crippen LogP contribution in [0.15, 0.2) is 4.79 Å². The predicted molar refractivity (Wildman–Crippen MR) is 53.9 cm³/mol. The van der Waals surface area contributed by atoms with Crippen LogP contribution in [0.5, 0.6) is 0 Å². The van der Waals surface area contributed by atoms with E-state index in [1.54, 1.807) is 0 Å². The van der Waals surface area contributed by atoms with E-state index < -0.39 is 27.9 Å². The molecule has 0 bridgehead atoms. The Morgan fingerprint density at radius 1 is 1.50 bits per heavy atom. The Hall–Kier alpha value is -1.57. The summed E-state index contributed by atoms with van der Waals surface area (Å²) in [7, 11) is -3.16. The number of nitrogens with one attached hydrogen (secondary N) is 1. The largest absolute Gasteiger partial charge is 0.480 e. The molecule has 0 radical (unpaired) electrons. The molecule has 0 saturated carbocycles. The Bertz CT molecular complexity index is 594. The van der Waals surface area contributed by atoms with Gasteiger partial charge in [0.1, 0.15) is 6.54 Å². The lowest BCUT2D eigenvalue weighted by atomic mass is 10.2. The van der Waals surface area contributed by atoms with Gasteiger partial charge in [0.05, 0.1) is 17.2 Å². The van der Waals surface area contributed by atoms with Gasteiger partial charge in [0, 0.05) is 5.56 Å². The minimum absolute atomic E-state index is 0.0554. The highest BCUT2D eigenvalue weighted by Crippen LogP contribution is 2.15. The molecule has 16 heavy (non-hydrogen) atoms.